The van der Waals surface area contributed by atoms with Crippen molar-refractivity contribution in [2.24, 2.45) is 5.92 Å². The summed E-state index contributed by atoms with van der Waals surface area (Å²) in [5.74, 6) is 0.355. The van der Waals surface area contributed by atoms with E-state index in [1.807, 2.05) is 0 Å². The van der Waals surface area contributed by atoms with Crippen molar-refractivity contribution >= 4 is 23.2 Å². The van der Waals surface area contributed by atoms with E-state index in [9.17, 15) is 9.59 Å². The van der Waals surface area contributed by atoms with Crippen LogP contribution in [0.5, 0.6) is 5.75 Å². The van der Waals surface area contributed by atoms with Crippen LogP contribution in [-0.2, 0) is 9.59 Å². The molecular weight excluding hydrogens is 258 g/mol. The summed E-state index contributed by atoms with van der Waals surface area (Å²) in [6, 6.07) is 5.15. The molecule has 0 aliphatic carbocycles. The molecule has 1 aliphatic rings. The van der Waals surface area contributed by atoms with Crippen LogP contribution in [0.15, 0.2) is 18.2 Å². The van der Waals surface area contributed by atoms with E-state index in [1.54, 1.807) is 25.3 Å². The smallest absolute Gasteiger partial charge is 0.228 e. The Hall–Kier alpha value is -2.08. The highest BCUT2D eigenvalue weighted by Gasteiger charge is 2.23. The van der Waals surface area contributed by atoms with Crippen molar-refractivity contribution in [3.8, 4) is 5.75 Å². The van der Waals surface area contributed by atoms with Crippen molar-refractivity contribution < 1.29 is 14.3 Å². The second-order valence-electron chi connectivity index (χ2n) is 4.77. The molecule has 1 unspecified atom stereocenters. The molecule has 0 radical (unpaired) electrons. The first-order valence-electron chi connectivity index (χ1n) is 6.57. The van der Waals surface area contributed by atoms with Crippen molar-refractivity contribution in [3.05, 3.63) is 18.2 Å². The quantitative estimate of drug-likeness (QED) is 0.772. The number of anilines is 2. The molecule has 1 heterocycles. The summed E-state index contributed by atoms with van der Waals surface area (Å²) in [7, 11) is 1.56. The largest absolute Gasteiger partial charge is 0.497 e. The van der Waals surface area contributed by atoms with Gasteiger partial charge >= 0.3 is 0 Å². The summed E-state index contributed by atoms with van der Waals surface area (Å²) in [6.45, 7) is 2.97. The van der Waals surface area contributed by atoms with Crippen LogP contribution in [0.2, 0.25) is 0 Å². The normalized spacial score (nSPS) is 17.6. The number of carbonyl (C=O) groups is 2. The van der Waals surface area contributed by atoms with Gasteiger partial charge in [0.15, 0.2) is 0 Å². The number of amides is 2. The predicted molar refractivity (Wildman–Crippen MR) is 76.9 cm³/mol. The third-order valence-corrected chi connectivity index (χ3v) is 3.23. The minimum absolute atomic E-state index is 0.0358. The van der Waals surface area contributed by atoms with Crippen LogP contribution >= 0.6 is 0 Å². The van der Waals surface area contributed by atoms with Crippen molar-refractivity contribution in [2.75, 3.05) is 30.8 Å². The molecule has 2 amide bonds. The number of ether oxygens (including phenoxy) is 1. The Labute approximate surface area is 117 Å². The molecule has 1 aromatic rings. The van der Waals surface area contributed by atoms with Gasteiger partial charge in [0.05, 0.1) is 24.4 Å². The first-order chi connectivity index (χ1) is 9.60. The average molecular weight is 277 g/mol. The highest BCUT2D eigenvalue weighted by Crippen LogP contribution is 2.28. The Morgan fingerprint density at radius 3 is 2.70 bits per heavy atom. The SMILES string of the molecule is COc1ccc(NC(C)=O)c(NC(=O)C2CCNC2)c1. The molecule has 0 bridgehead atoms. The zero-order chi connectivity index (χ0) is 14.5. The first-order valence-corrected chi connectivity index (χ1v) is 6.57. The zero-order valence-corrected chi connectivity index (χ0v) is 11.7. The van der Waals surface area contributed by atoms with Crippen LogP contribution in [0.1, 0.15) is 13.3 Å². The summed E-state index contributed by atoms with van der Waals surface area (Å²) >= 11 is 0. The third-order valence-electron chi connectivity index (χ3n) is 3.23. The molecule has 3 N–H and O–H groups in total. The first kappa shape index (κ1) is 14.3. The molecule has 1 aliphatic heterocycles. The summed E-state index contributed by atoms with van der Waals surface area (Å²) < 4.78 is 5.15. The fourth-order valence-corrected chi connectivity index (χ4v) is 2.17. The zero-order valence-electron chi connectivity index (χ0n) is 11.7. The van der Waals surface area contributed by atoms with Gasteiger partial charge in [-0.3, -0.25) is 9.59 Å². The number of carbonyl (C=O) groups excluding carboxylic acids is 2. The number of hydrogen-bond donors (Lipinski definition) is 3. The van der Waals surface area contributed by atoms with Gasteiger partial charge in [0.2, 0.25) is 11.8 Å². The maximum absolute atomic E-state index is 12.1. The lowest BCUT2D eigenvalue weighted by atomic mass is 10.1. The van der Waals surface area contributed by atoms with Crippen LogP contribution in [0.3, 0.4) is 0 Å². The van der Waals surface area contributed by atoms with E-state index < -0.39 is 0 Å². The number of rotatable bonds is 4. The number of benzene rings is 1. The summed E-state index contributed by atoms with van der Waals surface area (Å²) in [5.41, 5.74) is 1.12. The lowest BCUT2D eigenvalue weighted by Crippen LogP contribution is -2.25. The molecule has 20 heavy (non-hydrogen) atoms. The highest BCUT2D eigenvalue weighted by molar-refractivity contribution is 6.00. The second kappa shape index (κ2) is 6.38. The van der Waals surface area contributed by atoms with Gasteiger partial charge in [-0.2, -0.15) is 0 Å². The Balaban J connectivity index is 2.18. The van der Waals surface area contributed by atoms with Gasteiger partial charge in [0, 0.05) is 19.5 Å². The summed E-state index contributed by atoms with van der Waals surface area (Å²) in [4.78, 5) is 23.3. The molecule has 6 nitrogen and oxygen atoms in total. The Kier molecular flexibility index (Phi) is 4.57. The lowest BCUT2D eigenvalue weighted by molar-refractivity contribution is -0.119. The fourth-order valence-electron chi connectivity index (χ4n) is 2.17. The minimum Gasteiger partial charge on any atom is -0.497 e. The van der Waals surface area contributed by atoms with Crippen LogP contribution in [0, 0.1) is 5.92 Å². The molecule has 1 atom stereocenters. The fraction of sp³-hybridized carbons (Fsp3) is 0.429. The van der Waals surface area contributed by atoms with E-state index in [2.05, 4.69) is 16.0 Å². The van der Waals surface area contributed by atoms with Gasteiger partial charge in [0.25, 0.3) is 0 Å². The molecule has 0 spiro atoms. The number of methoxy groups -OCH3 is 1. The topological polar surface area (TPSA) is 79.5 Å². The van der Waals surface area contributed by atoms with Gasteiger partial charge in [-0.25, -0.2) is 0 Å². The maximum atomic E-state index is 12.1. The summed E-state index contributed by atoms with van der Waals surface area (Å²) in [5, 5.41) is 8.71. The van der Waals surface area contributed by atoms with E-state index in [1.165, 1.54) is 6.92 Å². The van der Waals surface area contributed by atoms with Gasteiger partial charge in [-0.15, -0.1) is 0 Å². The number of hydrogen-bond acceptors (Lipinski definition) is 4. The van der Waals surface area contributed by atoms with Gasteiger partial charge < -0.3 is 20.7 Å². The molecule has 1 aromatic carbocycles. The molecule has 2 rings (SSSR count). The van der Waals surface area contributed by atoms with Crippen LogP contribution in [-0.4, -0.2) is 32.0 Å². The van der Waals surface area contributed by atoms with Crippen LogP contribution in [0.25, 0.3) is 0 Å². The lowest BCUT2D eigenvalue weighted by Gasteiger charge is -2.15. The molecule has 1 saturated heterocycles. The van der Waals surface area contributed by atoms with Crippen molar-refractivity contribution in [2.45, 2.75) is 13.3 Å². The summed E-state index contributed by atoms with van der Waals surface area (Å²) in [6.07, 6.45) is 0.825. The predicted octanol–water partition coefficient (Wildman–Crippen LogP) is 1.20. The van der Waals surface area contributed by atoms with Crippen LogP contribution < -0.4 is 20.7 Å². The Morgan fingerprint density at radius 2 is 2.10 bits per heavy atom. The highest BCUT2D eigenvalue weighted by atomic mass is 16.5. The van der Waals surface area contributed by atoms with Crippen LogP contribution in [0.4, 0.5) is 11.4 Å². The molecule has 1 fully saturated rings. The standard InChI is InChI=1S/C14H19N3O3/c1-9(18)16-12-4-3-11(20-2)7-13(12)17-14(19)10-5-6-15-8-10/h3-4,7,10,15H,5-6,8H2,1-2H3,(H,16,18)(H,17,19). The molecule has 0 saturated carbocycles. The molecule has 6 heteroatoms. The Bertz CT molecular complexity index is 510. The molecule has 0 aromatic heterocycles. The Morgan fingerprint density at radius 1 is 1.30 bits per heavy atom. The maximum Gasteiger partial charge on any atom is 0.228 e. The second-order valence-corrected chi connectivity index (χ2v) is 4.77. The van der Waals surface area contributed by atoms with E-state index in [0.29, 0.717) is 23.7 Å². The number of nitrogens with one attached hydrogen (secondary N) is 3. The third kappa shape index (κ3) is 3.48. The van der Waals surface area contributed by atoms with E-state index in [0.717, 1.165) is 13.0 Å². The van der Waals surface area contributed by atoms with Gasteiger partial charge in [-0.1, -0.05) is 0 Å². The molecule has 108 valence electrons. The minimum atomic E-state index is -0.187. The van der Waals surface area contributed by atoms with Crippen molar-refractivity contribution in [1.29, 1.82) is 0 Å². The van der Waals surface area contributed by atoms with Gasteiger partial charge in [-0.05, 0) is 25.1 Å². The van der Waals surface area contributed by atoms with Gasteiger partial charge in [0.1, 0.15) is 5.75 Å². The monoisotopic (exact) mass is 277 g/mol. The van der Waals surface area contributed by atoms with E-state index in [4.69, 9.17) is 4.74 Å². The van der Waals surface area contributed by atoms with E-state index >= 15 is 0 Å². The van der Waals surface area contributed by atoms with Crippen molar-refractivity contribution in [3.63, 3.8) is 0 Å². The van der Waals surface area contributed by atoms with E-state index in [-0.39, 0.29) is 17.7 Å². The average Bonchev–Trinajstić information content (AvgIpc) is 2.94. The van der Waals surface area contributed by atoms with Crippen molar-refractivity contribution in [1.82, 2.24) is 5.32 Å². The molecular formula is C14H19N3O3.